The fourth-order valence-electron chi connectivity index (χ4n) is 2.27. The first-order chi connectivity index (χ1) is 13.1. The fourth-order valence-corrected chi connectivity index (χ4v) is 2.48. The maximum atomic E-state index is 12.4. The van der Waals surface area contributed by atoms with Gasteiger partial charge in [-0.25, -0.2) is 0 Å². The first kappa shape index (κ1) is 20.7. The smallest absolute Gasteiger partial charge is 0.257 e. The number of amides is 1. The Morgan fingerprint density at radius 3 is 2.59 bits per heavy atom. The van der Waals surface area contributed by atoms with Crippen molar-refractivity contribution in [3.63, 3.8) is 0 Å². The van der Waals surface area contributed by atoms with Crippen LogP contribution in [-0.2, 0) is 4.74 Å². The lowest BCUT2D eigenvalue weighted by Gasteiger charge is -2.14. The van der Waals surface area contributed by atoms with E-state index < -0.39 is 0 Å². The number of rotatable bonds is 9. The number of carbonyl (C=O) groups is 1. The zero-order valence-corrected chi connectivity index (χ0v) is 16.3. The van der Waals surface area contributed by atoms with Crippen LogP contribution in [0.2, 0.25) is 0 Å². The van der Waals surface area contributed by atoms with E-state index in [-0.39, 0.29) is 11.0 Å². The topological polar surface area (TPSA) is 68.8 Å². The lowest BCUT2D eigenvalue weighted by molar-refractivity contribution is 0.0977. The van der Waals surface area contributed by atoms with Crippen LogP contribution in [0.15, 0.2) is 48.5 Å². The summed E-state index contributed by atoms with van der Waals surface area (Å²) in [7, 11) is 0. The van der Waals surface area contributed by atoms with Crippen molar-refractivity contribution >= 4 is 28.9 Å². The number of anilines is 1. The number of para-hydroxylation sites is 2. The summed E-state index contributed by atoms with van der Waals surface area (Å²) < 4.78 is 16.4. The van der Waals surface area contributed by atoms with Gasteiger partial charge in [-0.05, 0) is 56.4 Å². The lowest BCUT2D eigenvalue weighted by Crippen LogP contribution is -2.34. The van der Waals surface area contributed by atoms with Gasteiger partial charge in [-0.2, -0.15) is 0 Å². The number of carbonyl (C=O) groups excluding carboxylic acids is 1. The van der Waals surface area contributed by atoms with Gasteiger partial charge in [0.05, 0.1) is 18.9 Å². The van der Waals surface area contributed by atoms with Gasteiger partial charge < -0.3 is 19.5 Å². The Balaban J connectivity index is 1.95. The van der Waals surface area contributed by atoms with E-state index in [1.807, 2.05) is 38.1 Å². The molecule has 6 nitrogen and oxygen atoms in total. The van der Waals surface area contributed by atoms with Crippen molar-refractivity contribution in [1.29, 1.82) is 0 Å². The minimum Gasteiger partial charge on any atom is -0.494 e. The molecule has 0 spiro atoms. The van der Waals surface area contributed by atoms with Gasteiger partial charge in [0, 0.05) is 12.2 Å². The van der Waals surface area contributed by atoms with Crippen LogP contribution in [0.4, 0.5) is 5.69 Å². The highest BCUT2D eigenvalue weighted by Gasteiger charge is 2.11. The van der Waals surface area contributed by atoms with Crippen LogP contribution in [0.1, 0.15) is 24.2 Å². The summed E-state index contributed by atoms with van der Waals surface area (Å²) in [5.74, 6) is 0.952. The summed E-state index contributed by atoms with van der Waals surface area (Å²) in [6.45, 7) is 5.92. The predicted molar refractivity (Wildman–Crippen MR) is 110 cm³/mol. The zero-order chi connectivity index (χ0) is 19.5. The van der Waals surface area contributed by atoms with Gasteiger partial charge >= 0.3 is 0 Å². The molecule has 0 atom stereocenters. The Hall–Kier alpha value is -2.64. The molecule has 144 valence electrons. The number of nitrogens with one attached hydrogen (secondary N) is 2. The third-order valence-electron chi connectivity index (χ3n) is 3.46. The number of hydrogen-bond acceptors (Lipinski definition) is 5. The van der Waals surface area contributed by atoms with Crippen LogP contribution >= 0.6 is 12.2 Å². The highest BCUT2D eigenvalue weighted by Crippen LogP contribution is 2.23. The van der Waals surface area contributed by atoms with Gasteiger partial charge in [-0.15, -0.1) is 0 Å². The number of benzene rings is 2. The van der Waals surface area contributed by atoms with Crippen LogP contribution in [0.3, 0.4) is 0 Å². The van der Waals surface area contributed by atoms with E-state index in [4.69, 9.17) is 26.4 Å². The van der Waals surface area contributed by atoms with Crippen molar-refractivity contribution in [1.82, 2.24) is 5.32 Å². The van der Waals surface area contributed by atoms with Crippen LogP contribution in [0.5, 0.6) is 11.5 Å². The molecule has 0 aliphatic heterocycles. The van der Waals surface area contributed by atoms with Crippen LogP contribution in [0, 0.1) is 0 Å². The SMILES string of the molecule is CCOCCOc1ccccc1NC(=S)NC(=O)c1cccc(OCC)c1. The van der Waals surface area contributed by atoms with Crippen molar-refractivity contribution in [3.05, 3.63) is 54.1 Å². The molecule has 0 aliphatic rings. The third-order valence-corrected chi connectivity index (χ3v) is 3.66. The molecule has 0 unspecified atom stereocenters. The van der Waals surface area contributed by atoms with Crippen molar-refractivity contribution < 1.29 is 19.0 Å². The number of thiocarbonyl (C=S) groups is 1. The first-order valence-corrected chi connectivity index (χ1v) is 9.19. The van der Waals surface area contributed by atoms with Gasteiger partial charge in [0.2, 0.25) is 0 Å². The van der Waals surface area contributed by atoms with Crippen LogP contribution < -0.4 is 20.1 Å². The molecule has 1 amide bonds. The molecule has 0 radical (unpaired) electrons. The van der Waals surface area contributed by atoms with E-state index in [0.717, 1.165) is 0 Å². The molecule has 0 bridgehead atoms. The van der Waals surface area contributed by atoms with Gasteiger partial charge in [-0.3, -0.25) is 10.1 Å². The highest BCUT2D eigenvalue weighted by atomic mass is 32.1. The largest absolute Gasteiger partial charge is 0.494 e. The molecule has 0 fully saturated rings. The molecule has 0 saturated carbocycles. The van der Waals surface area contributed by atoms with Gasteiger partial charge in [0.15, 0.2) is 5.11 Å². The Labute approximate surface area is 164 Å². The van der Waals surface area contributed by atoms with E-state index >= 15 is 0 Å². The summed E-state index contributed by atoms with van der Waals surface area (Å²) >= 11 is 5.26. The van der Waals surface area contributed by atoms with Crippen LogP contribution in [-0.4, -0.2) is 37.4 Å². The average molecular weight is 388 g/mol. The van der Waals surface area contributed by atoms with Gasteiger partial charge in [-0.1, -0.05) is 18.2 Å². The highest BCUT2D eigenvalue weighted by molar-refractivity contribution is 7.80. The van der Waals surface area contributed by atoms with Gasteiger partial charge in [0.1, 0.15) is 18.1 Å². The maximum absolute atomic E-state index is 12.4. The monoisotopic (exact) mass is 388 g/mol. The van der Waals surface area contributed by atoms with E-state index in [1.54, 1.807) is 24.3 Å². The second-order valence-corrected chi connectivity index (χ2v) is 5.82. The Morgan fingerprint density at radius 1 is 1.00 bits per heavy atom. The molecule has 0 heterocycles. The fraction of sp³-hybridized carbons (Fsp3) is 0.300. The summed E-state index contributed by atoms with van der Waals surface area (Å²) in [4.78, 5) is 12.4. The summed E-state index contributed by atoms with van der Waals surface area (Å²) in [5.41, 5.74) is 1.13. The van der Waals surface area contributed by atoms with Crippen molar-refractivity contribution in [2.45, 2.75) is 13.8 Å². The van der Waals surface area contributed by atoms with E-state index in [2.05, 4.69) is 10.6 Å². The summed E-state index contributed by atoms with van der Waals surface area (Å²) in [6.07, 6.45) is 0. The van der Waals surface area contributed by atoms with E-state index in [9.17, 15) is 4.79 Å². The minimum atomic E-state index is -0.316. The van der Waals surface area contributed by atoms with E-state index in [0.29, 0.717) is 49.2 Å². The molecule has 0 aromatic heterocycles. The number of ether oxygens (including phenoxy) is 3. The Kier molecular flexibility index (Phi) is 8.54. The Morgan fingerprint density at radius 2 is 1.81 bits per heavy atom. The lowest BCUT2D eigenvalue weighted by atomic mass is 10.2. The second kappa shape index (κ2) is 11.2. The maximum Gasteiger partial charge on any atom is 0.257 e. The summed E-state index contributed by atoms with van der Waals surface area (Å²) in [5, 5.41) is 5.84. The van der Waals surface area contributed by atoms with Crippen molar-refractivity contribution in [2.75, 3.05) is 31.7 Å². The molecule has 2 N–H and O–H groups in total. The molecule has 2 aromatic rings. The van der Waals surface area contributed by atoms with Gasteiger partial charge in [0.25, 0.3) is 5.91 Å². The predicted octanol–water partition coefficient (Wildman–Crippen LogP) is 3.63. The summed E-state index contributed by atoms with van der Waals surface area (Å²) in [6, 6.07) is 14.3. The van der Waals surface area contributed by atoms with Crippen molar-refractivity contribution in [2.24, 2.45) is 0 Å². The molecular formula is C20H24N2O4S. The molecule has 27 heavy (non-hydrogen) atoms. The quantitative estimate of drug-likeness (QED) is 0.505. The second-order valence-electron chi connectivity index (χ2n) is 5.41. The normalized spacial score (nSPS) is 10.1. The van der Waals surface area contributed by atoms with Crippen molar-refractivity contribution in [3.8, 4) is 11.5 Å². The molecule has 2 rings (SSSR count). The van der Waals surface area contributed by atoms with Crippen LogP contribution in [0.25, 0.3) is 0 Å². The molecular weight excluding hydrogens is 364 g/mol. The molecule has 7 heteroatoms. The van der Waals surface area contributed by atoms with E-state index in [1.165, 1.54) is 0 Å². The zero-order valence-electron chi connectivity index (χ0n) is 15.5. The first-order valence-electron chi connectivity index (χ1n) is 8.78. The average Bonchev–Trinajstić information content (AvgIpc) is 2.67. The minimum absolute atomic E-state index is 0.183. The Bertz CT molecular complexity index is 767. The number of hydrogen-bond donors (Lipinski definition) is 2. The molecule has 0 aliphatic carbocycles. The molecule has 2 aromatic carbocycles. The molecule has 0 saturated heterocycles. The third kappa shape index (κ3) is 6.88. The standard InChI is InChI=1S/C20H24N2O4S/c1-3-24-12-13-26-18-11-6-5-10-17(18)21-20(27)22-19(23)15-8-7-9-16(14-15)25-4-2/h5-11,14H,3-4,12-13H2,1-2H3,(H2,21,22,23,27).